The van der Waals surface area contributed by atoms with Crippen LogP contribution in [0.3, 0.4) is 0 Å². The highest BCUT2D eigenvalue weighted by Crippen LogP contribution is 2.19. The van der Waals surface area contributed by atoms with Crippen LogP contribution in [-0.2, 0) is 17.8 Å². The Morgan fingerprint density at radius 3 is 1.90 bits per heavy atom. The molecule has 0 unspecified atom stereocenters. The number of carbonyl (C=O) groups is 1. The summed E-state index contributed by atoms with van der Waals surface area (Å²) in [4.78, 5) is 17.1. The molecule has 0 spiro atoms. The minimum atomic E-state index is -0.107. The molecule has 5 nitrogen and oxygen atoms in total. The summed E-state index contributed by atoms with van der Waals surface area (Å²) in [5.41, 5.74) is 2.23. The van der Waals surface area contributed by atoms with E-state index < -0.39 is 0 Å². The molecule has 0 aliphatic rings. The van der Waals surface area contributed by atoms with E-state index in [1.165, 1.54) is 108 Å². The fraction of sp³-hybridized carbons (Fsp3) is 0.600. The van der Waals surface area contributed by atoms with Gasteiger partial charge in [-0.3, -0.25) is 4.79 Å². The molecule has 1 aromatic heterocycles. The summed E-state index contributed by atoms with van der Waals surface area (Å²) < 4.78 is 7.90. The molecule has 0 bridgehead atoms. The van der Waals surface area contributed by atoms with Gasteiger partial charge in [-0.1, -0.05) is 134 Å². The lowest BCUT2D eigenvalue weighted by Crippen LogP contribution is -2.31. The summed E-state index contributed by atoms with van der Waals surface area (Å²) in [5.74, 6) is 1.65. The Balaban J connectivity index is 1.26. The van der Waals surface area contributed by atoms with Gasteiger partial charge in [0.15, 0.2) is 6.61 Å². The van der Waals surface area contributed by atoms with Crippen molar-refractivity contribution in [1.82, 2.24) is 14.9 Å². The van der Waals surface area contributed by atoms with Gasteiger partial charge >= 0.3 is 0 Å². The minimum Gasteiger partial charge on any atom is -0.484 e. The Morgan fingerprint density at radius 2 is 1.27 bits per heavy atom. The second-order valence-electron chi connectivity index (χ2n) is 11.2. The van der Waals surface area contributed by atoms with Crippen LogP contribution in [0.2, 0.25) is 0 Å². The molecule has 0 saturated carbocycles. The maximum atomic E-state index is 12.2. The summed E-state index contributed by atoms with van der Waals surface area (Å²) in [5, 5.41) is 2.98. The fourth-order valence-electron chi connectivity index (χ4n) is 5.41. The first-order valence-electron chi connectivity index (χ1n) is 16.2. The van der Waals surface area contributed by atoms with Crippen LogP contribution in [0.4, 0.5) is 0 Å². The predicted molar refractivity (Wildman–Crippen MR) is 168 cm³/mol. The first-order chi connectivity index (χ1) is 19.8. The quantitative estimate of drug-likeness (QED) is 0.120. The summed E-state index contributed by atoms with van der Waals surface area (Å²) in [7, 11) is 0. The number of nitrogens with zero attached hydrogens (tertiary/aromatic N) is 2. The highest BCUT2D eigenvalue weighted by atomic mass is 16.5. The van der Waals surface area contributed by atoms with Crippen LogP contribution >= 0.6 is 0 Å². The number of aromatic nitrogens is 2. The Morgan fingerprint density at radius 1 is 0.725 bits per heavy atom. The molecule has 0 aliphatic carbocycles. The zero-order valence-electron chi connectivity index (χ0n) is 25.0. The van der Waals surface area contributed by atoms with Crippen molar-refractivity contribution < 1.29 is 9.53 Å². The Kier molecular flexibility index (Phi) is 15.9. The van der Waals surface area contributed by atoms with Gasteiger partial charge in [-0.25, -0.2) is 4.98 Å². The Hall–Kier alpha value is -2.82. The van der Waals surface area contributed by atoms with Crippen molar-refractivity contribution in [2.24, 2.45) is 0 Å². The van der Waals surface area contributed by atoms with E-state index in [-0.39, 0.29) is 12.5 Å². The number of ether oxygens (including phenoxy) is 1. The highest BCUT2D eigenvalue weighted by molar-refractivity contribution is 5.77. The number of hydrogen-bond donors (Lipinski definition) is 1. The molecule has 220 valence electrons. The molecule has 0 radical (unpaired) electrons. The summed E-state index contributed by atoms with van der Waals surface area (Å²) in [6, 6.07) is 17.8. The molecule has 0 aliphatic heterocycles. The molecular weight excluding hydrogens is 494 g/mol. The average molecular weight is 548 g/mol. The number of unbranched alkanes of at least 4 members (excludes halogenated alkanes) is 15. The van der Waals surface area contributed by atoms with E-state index in [0.717, 1.165) is 17.9 Å². The van der Waals surface area contributed by atoms with Gasteiger partial charge in [-0.2, -0.15) is 0 Å². The number of benzene rings is 2. The number of imidazole rings is 1. The van der Waals surface area contributed by atoms with Crippen molar-refractivity contribution in [3.63, 3.8) is 0 Å². The van der Waals surface area contributed by atoms with Gasteiger partial charge in [-0.15, -0.1) is 0 Å². The molecule has 0 atom stereocenters. The third kappa shape index (κ3) is 12.6. The van der Waals surface area contributed by atoms with Gasteiger partial charge in [0.05, 0.1) is 11.0 Å². The SMILES string of the molecule is CCCCCCCCCCCCCCCCCCn1c(CCNC(=O)COc2ccccc2)nc2ccccc21. The summed E-state index contributed by atoms with van der Waals surface area (Å²) in [6.45, 7) is 3.86. The number of hydrogen-bond acceptors (Lipinski definition) is 3. The molecule has 1 N–H and O–H groups in total. The minimum absolute atomic E-state index is 0.0274. The lowest BCUT2D eigenvalue weighted by molar-refractivity contribution is -0.123. The lowest BCUT2D eigenvalue weighted by atomic mass is 10.0. The largest absolute Gasteiger partial charge is 0.484 e. The second kappa shape index (κ2) is 20.1. The normalized spacial score (nSPS) is 11.2. The van der Waals surface area contributed by atoms with Gasteiger partial charge in [0, 0.05) is 19.5 Å². The molecule has 0 fully saturated rings. The molecule has 0 saturated heterocycles. The van der Waals surface area contributed by atoms with Gasteiger partial charge in [0.1, 0.15) is 11.6 Å². The molecule has 3 rings (SSSR count). The summed E-state index contributed by atoms with van der Waals surface area (Å²) >= 11 is 0. The zero-order valence-corrected chi connectivity index (χ0v) is 25.0. The predicted octanol–water partition coefficient (Wildman–Crippen LogP) is 9.04. The van der Waals surface area contributed by atoms with Crippen molar-refractivity contribution in [3.05, 3.63) is 60.4 Å². The fourth-order valence-corrected chi connectivity index (χ4v) is 5.41. The number of para-hydroxylation sites is 3. The van der Waals surface area contributed by atoms with Crippen molar-refractivity contribution in [2.45, 2.75) is 123 Å². The Labute approximate surface area is 243 Å². The first-order valence-corrected chi connectivity index (χ1v) is 16.2. The van der Waals surface area contributed by atoms with E-state index in [1.807, 2.05) is 36.4 Å². The second-order valence-corrected chi connectivity index (χ2v) is 11.2. The monoisotopic (exact) mass is 547 g/mol. The standard InChI is InChI=1S/C35H53N3O2/c1-2-3-4-5-6-7-8-9-10-11-12-13-14-15-16-22-29-38-33-26-21-20-25-32(33)37-34(38)27-28-36-35(39)30-40-31-23-18-17-19-24-31/h17-21,23-26H,2-16,22,27-30H2,1H3,(H,36,39). The number of rotatable bonds is 23. The van der Waals surface area contributed by atoms with Crippen molar-refractivity contribution in [2.75, 3.05) is 13.2 Å². The number of nitrogens with one attached hydrogen (secondary N) is 1. The number of amides is 1. The van der Waals surface area contributed by atoms with Crippen LogP contribution in [0.1, 0.15) is 115 Å². The molecule has 5 heteroatoms. The number of fused-ring (bicyclic) bond motifs is 1. The lowest BCUT2D eigenvalue weighted by Gasteiger charge is -2.11. The number of carbonyl (C=O) groups excluding carboxylic acids is 1. The van der Waals surface area contributed by atoms with Crippen LogP contribution in [0.15, 0.2) is 54.6 Å². The molecule has 2 aromatic carbocycles. The van der Waals surface area contributed by atoms with Gasteiger partial charge in [0.2, 0.25) is 0 Å². The van der Waals surface area contributed by atoms with Gasteiger partial charge in [-0.05, 0) is 30.7 Å². The zero-order chi connectivity index (χ0) is 28.1. The van der Waals surface area contributed by atoms with E-state index in [9.17, 15) is 4.79 Å². The van der Waals surface area contributed by atoms with Crippen LogP contribution < -0.4 is 10.1 Å². The molecular formula is C35H53N3O2. The van der Waals surface area contributed by atoms with Crippen LogP contribution in [0.25, 0.3) is 11.0 Å². The van der Waals surface area contributed by atoms with Gasteiger partial charge < -0.3 is 14.6 Å². The maximum absolute atomic E-state index is 12.2. The summed E-state index contributed by atoms with van der Waals surface area (Å²) in [6.07, 6.45) is 22.8. The van der Waals surface area contributed by atoms with E-state index >= 15 is 0 Å². The topological polar surface area (TPSA) is 56.2 Å². The highest BCUT2D eigenvalue weighted by Gasteiger charge is 2.11. The van der Waals surface area contributed by atoms with Gasteiger partial charge in [0.25, 0.3) is 5.91 Å². The van der Waals surface area contributed by atoms with Crippen LogP contribution in [0, 0.1) is 0 Å². The number of aryl methyl sites for hydroxylation is 1. The molecule has 1 heterocycles. The first kappa shape index (κ1) is 31.7. The van der Waals surface area contributed by atoms with E-state index in [4.69, 9.17) is 9.72 Å². The van der Waals surface area contributed by atoms with Crippen LogP contribution in [0.5, 0.6) is 5.75 Å². The third-order valence-electron chi connectivity index (χ3n) is 7.75. The Bertz CT molecular complexity index is 1060. The maximum Gasteiger partial charge on any atom is 0.257 e. The molecule has 3 aromatic rings. The average Bonchev–Trinajstić information content (AvgIpc) is 3.33. The van der Waals surface area contributed by atoms with Crippen molar-refractivity contribution in [1.29, 1.82) is 0 Å². The van der Waals surface area contributed by atoms with Crippen LogP contribution in [-0.4, -0.2) is 28.6 Å². The van der Waals surface area contributed by atoms with Crippen molar-refractivity contribution in [3.8, 4) is 5.75 Å². The van der Waals surface area contributed by atoms with E-state index in [2.05, 4.69) is 35.0 Å². The molecule has 1 amide bonds. The van der Waals surface area contributed by atoms with Crippen molar-refractivity contribution >= 4 is 16.9 Å². The van der Waals surface area contributed by atoms with E-state index in [0.29, 0.717) is 18.7 Å². The smallest absolute Gasteiger partial charge is 0.257 e. The molecule has 40 heavy (non-hydrogen) atoms. The van der Waals surface area contributed by atoms with E-state index in [1.54, 1.807) is 0 Å². The third-order valence-corrected chi connectivity index (χ3v) is 7.75.